The molecule has 1 unspecified atom stereocenters. The molecule has 0 aliphatic heterocycles. The van der Waals surface area contributed by atoms with E-state index in [0.717, 1.165) is 57.8 Å². The third-order valence-electron chi connectivity index (χ3n) is 11.4. The molecule has 6 nitrogen and oxygen atoms in total. The van der Waals surface area contributed by atoms with Gasteiger partial charge in [0, 0.05) is 19.3 Å². The SMILES string of the molecule is CCCCCCCCCCCCCCCCCCCCC(=O)OCC(COC(=O)CCCCCCCCCCC)OC(=O)CCCCCCCCCCCCC. The zero-order valence-corrected chi connectivity index (χ0v) is 37.9. The van der Waals surface area contributed by atoms with Gasteiger partial charge in [-0.1, -0.05) is 245 Å². The molecule has 0 amide bonds. The van der Waals surface area contributed by atoms with E-state index >= 15 is 0 Å². The summed E-state index contributed by atoms with van der Waals surface area (Å²) in [6, 6.07) is 0. The Kier molecular flexibility index (Phi) is 44.8. The number of esters is 3. The van der Waals surface area contributed by atoms with E-state index < -0.39 is 6.10 Å². The first-order valence-corrected chi connectivity index (χ1v) is 25.0. The van der Waals surface area contributed by atoms with Gasteiger partial charge in [-0.25, -0.2) is 0 Å². The van der Waals surface area contributed by atoms with E-state index in [1.807, 2.05) is 0 Å². The molecule has 0 fully saturated rings. The van der Waals surface area contributed by atoms with Gasteiger partial charge in [0.1, 0.15) is 13.2 Å². The number of unbranched alkanes of at least 4 members (excludes halogenated alkanes) is 35. The topological polar surface area (TPSA) is 78.9 Å². The molecule has 56 heavy (non-hydrogen) atoms. The smallest absolute Gasteiger partial charge is 0.306 e. The first-order valence-electron chi connectivity index (χ1n) is 25.0. The van der Waals surface area contributed by atoms with Crippen molar-refractivity contribution in [3.05, 3.63) is 0 Å². The van der Waals surface area contributed by atoms with Crippen molar-refractivity contribution in [3.63, 3.8) is 0 Å². The fourth-order valence-electron chi connectivity index (χ4n) is 7.56. The lowest BCUT2D eigenvalue weighted by atomic mass is 10.0. The summed E-state index contributed by atoms with van der Waals surface area (Å²) in [5, 5.41) is 0. The van der Waals surface area contributed by atoms with Crippen molar-refractivity contribution in [3.8, 4) is 0 Å². The van der Waals surface area contributed by atoms with Crippen molar-refractivity contribution in [1.82, 2.24) is 0 Å². The summed E-state index contributed by atoms with van der Waals surface area (Å²) in [4.78, 5) is 37.8. The highest BCUT2D eigenvalue weighted by atomic mass is 16.6. The van der Waals surface area contributed by atoms with E-state index in [0.29, 0.717) is 19.3 Å². The quantitative estimate of drug-likeness (QED) is 0.0347. The van der Waals surface area contributed by atoms with Crippen molar-refractivity contribution in [2.45, 2.75) is 290 Å². The molecular formula is C50H96O6. The maximum atomic E-state index is 12.7. The molecule has 0 aromatic carbocycles. The summed E-state index contributed by atoms with van der Waals surface area (Å²) in [5.74, 6) is -0.848. The van der Waals surface area contributed by atoms with Gasteiger partial charge in [-0.15, -0.1) is 0 Å². The summed E-state index contributed by atoms with van der Waals surface area (Å²) in [7, 11) is 0. The Morgan fingerprint density at radius 3 is 0.714 bits per heavy atom. The van der Waals surface area contributed by atoms with Gasteiger partial charge in [-0.2, -0.15) is 0 Å². The predicted octanol–water partition coefficient (Wildman–Crippen LogP) is 16.0. The van der Waals surface area contributed by atoms with Crippen LogP contribution in [0.1, 0.15) is 284 Å². The lowest BCUT2D eigenvalue weighted by Crippen LogP contribution is -2.30. The molecule has 0 aliphatic rings. The van der Waals surface area contributed by atoms with Crippen molar-refractivity contribution >= 4 is 17.9 Å². The van der Waals surface area contributed by atoms with E-state index in [2.05, 4.69) is 20.8 Å². The van der Waals surface area contributed by atoms with Gasteiger partial charge in [0.15, 0.2) is 6.10 Å². The van der Waals surface area contributed by atoms with Gasteiger partial charge in [-0.3, -0.25) is 14.4 Å². The zero-order valence-electron chi connectivity index (χ0n) is 37.9. The van der Waals surface area contributed by atoms with Crippen molar-refractivity contribution < 1.29 is 28.6 Å². The first-order chi connectivity index (χ1) is 27.5. The molecule has 0 radical (unpaired) electrons. The lowest BCUT2D eigenvalue weighted by molar-refractivity contribution is -0.167. The molecule has 0 aromatic heterocycles. The predicted molar refractivity (Wildman–Crippen MR) is 238 cm³/mol. The third kappa shape index (κ3) is 43.5. The van der Waals surface area contributed by atoms with Gasteiger partial charge < -0.3 is 14.2 Å². The monoisotopic (exact) mass is 793 g/mol. The van der Waals surface area contributed by atoms with Crippen LogP contribution in [0.25, 0.3) is 0 Å². The second-order valence-corrected chi connectivity index (χ2v) is 17.1. The number of ether oxygens (including phenoxy) is 3. The average Bonchev–Trinajstić information content (AvgIpc) is 3.19. The minimum atomic E-state index is -0.758. The average molecular weight is 793 g/mol. The van der Waals surface area contributed by atoms with Crippen molar-refractivity contribution in [2.24, 2.45) is 0 Å². The van der Waals surface area contributed by atoms with Gasteiger partial charge in [-0.05, 0) is 19.3 Å². The number of carbonyl (C=O) groups is 3. The zero-order chi connectivity index (χ0) is 40.8. The minimum Gasteiger partial charge on any atom is -0.462 e. The Morgan fingerprint density at radius 1 is 0.286 bits per heavy atom. The Bertz CT molecular complexity index is 828. The molecule has 0 heterocycles. The summed E-state index contributed by atoms with van der Waals surface area (Å²) in [6.07, 6.45) is 48.0. The van der Waals surface area contributed by atoms with E-state index in [9.17, 15) is 14.4 Å². The maximum Gasteiger partial charge on any atom is 0.306 e. The van der Waals surface area contributed by atoms with Gasteiger partial charge in [0.25, 0.3) is 0 Å². The summed E-state index contributed by atoms with van der Waals surface area (Å²) in [6.45, 7) is 6.65. The van der Waals surface area contributed by atoms with Gasteiger partial charge >= 0.3 is 17.9 Å². The minimum absolute atomic E-state index is 0.0623. The normalized spacial score (nSPS) is 11.8. The molecule has 0 N–H and O–H groups in total. The van der Waals surface area contributed by atoms with Crippen LogP contribution >= 0.6 is 0 Å². The molecule has 1 atom stereocenters. The van der Waals surface area contributed by atoms with E-state index in [1.54, 1.807) is 0 Å². The molecule has 6 heteroatoms. The highest BCUT2D eigenvalue weighted by molar-refractivity contribution is 5.71. The summed E-state index contributed by atoms with van der Waals surface area (Å²) < 4.78 is 16.7. The summed E-state index contributed by atoms with van der Waals surface area (Å²) in [5.41, 5.74) is 0. The van der Waals surface area contributed by atoms with Crippen LogP contribution in [0.5, 0.6) is 0 Å². The Morgan fingerprint density at radius 2 is 0.482 bits per heavy atom. The highest BCUT2D eigenvalue weighted by Crippen LogP contribution is 2.16. The van der Waals surface area contributed by atoms with E-state index in [1.165, 1.54) is 186 Å². The Labute approximate surface area is 348 Å². The van der Waals surface area contributed by atoms with Crippen LogP contribution in [0.15, 0.2) is 0 Å². The summed E-state index contributed by atoms with van der Waals surface area (Å²) >= 11 is 0. The van der Waals surface area contributed by atoms with Crippen molar-refractivity contribution in [2.75, 3.05) is 13.2 Å². The van der Waals surface area contributed by atoms with Crippen LogP contribution < -0.4 is 0 Å². The van der Waals surface area contributed by atoms with Gasteiger partial charge in [0.05, 0.1) is 0 Å². The molecule has 0 saturated heterocycles. The second kappa shape index (κ2) is 46.1. The lowest BCUT2D eigenvalue weighted by Gasteiger charge is -2.18. The molecule has 0 aliphatic carbocycles. The largest absolute Gasteiger partial charge is 0.462 e. The van der Waals surface area contributed by atoms with Crippen LogP contribution in [-0.4, -0.2) is 37.2 Å². The molecule has 0 saturated carbocycles. The number of hydrogen-bond donors (Lipinski definition) is 0. The van der Waals surface area contributed by atoms with Crippen LogP contribution in [0.3, 0.4) is 0 Å². The maximum absolute atomic E-state index is 12.7. The fraction of sp³-hybridized carbons (Fsp3) is 0.940. The molecular weight excluding hydrogens is 697 g/mol. The molecule has 0 spiro atoms. The van der Waals surface area contributed by atoms with E-state index in [-0.39, 0.29) is 31.1 Å². The standard InChI is InChI=1S/C50H96O6/c1-4-7-10-13-16-19-21-22-23-24-25-26-27-29-31-34-37-40-43-49(52)55-46-47(45-54-48(51)42-39-36-33-30-18-15-12-9-6-3)56-50(53)44-41-38-35-32-28-20-17-14-11-8-5-2/h47H,4-46H2,1-3H3. The number of carbonyl (C=O) groups excluding carboxylic acids is 3. The Balaban J connectivity index is 4.21. The van der Waals surface area contributed by atoms with Crippen LogP contribution in [0.4, 0.5) is 0 Å². The Hall–Kier alpha value is -1.59. The van der Waals surface area contributed by atoms with Crippen LogP contribution in [-0.2, 0) is 28.6 Å². The van der Waals surface area contributed by atoms with Crippen LogP contribution in [0, 0.1) is 0 Å². The molecule has 0 aromatic rings. The second-order valence-electron chi connectivity index (χ2n) is 17.1. The van der Waals surface area contributed by atoms with Crippen LogP contribution in [0.2, 0.25) is 0 Å². The number of rotatable bonds is 46. The highest BCUT2D eigenvalue weighted by Gasteiger charge is 2.19. The van der Waals surface area contributed by atoms with E-state index in [4.69, 9.17) is 14.2 Å². The molecule has 0 bridgehead atoms. The third-order valence-corrected chi connectivity index (χ3v) is 11.4. The molecule has 0 rings (SSSR count). The molecule has 332 valence electrons. The first kappa shape index (κ1) is 54.4. The van der Waals surface area contributed by atoms with Gasteiger partial charge in [0.2, 0.25) is 0 Å². The number of hydrogen-bond acceptors (Lipinski definition) is 6. The fourth-order valence-corrected chi connectivity index (χ4v) is 7.56. The van der Waals surface area contributed by atoms with Crippen molar-refractivity contribution in [1.29, 1.82) is 0 Å².